The lowest BCUT2D eigenvalue weighted by molar-refractivity contribution is -0.155. The van der Waals surface area contributed by atoms with Crippen LogP contribution in [0.2, 0.25) is 0 Å². The van der Waals surface area contributed by atoms with E-state index in [9.17, 15) is 4.79 Å². The van der Waals surface area contributed by atoms with Gasteiger partial charge in [0.25, 0.3) is 0 Å². The van der Waals surface area contributed by atoms with E-state index < -0.39 is 5.41 Å². The molecule has 2 rings (SSSR count). The Hall–Kier alpha value is -0.680. The molecule has 0 aromatic rings. The molecule has 0 aromatic carbocycles. The van der Waals surface area contributed by atoms with Crippen molar-refractivity contribution < 1.29 is 9.53 Å². The Bertz CT molecular complexity index is 356. The SMILES string of the molecule is CC1CC(C(=O)N2CC(C)OC(C)C2)(C(N)=S)C1. The topological polar surface area (TPSA) is 55.6 Å². The van der Waals surface area contributed by atoms with Gasteiger partial charge in [-0.3, -0.25) is 4.79 Å². The average molecular weight is 270 g/mol. The van der Waals surface area contributed by atoms with Crippen molar-refractivity contribution in [1.82, 2.24) is 4.90 Å². The molecule has 2 unspecified atom stereocenters. The normalized spacial score (nSPS) is 40.2. The minimum Gasteiger partial charge on any atom is -0.392 e. The third-order valence-corrected chi connectivity index (χ3v) is 4.37. The van der Waals surface area contributed by atoms with Gasteiger partial charge in [-0.25, -0.2) is 0 Å². The Morgan fingerprint density at radius 1 is 1.28 bits per heavy atom. The van der Waals surface area contributed by atoms with Crippen LogP contribution in [0.15, 0.2) is 0 Å². The zero-order chi connectivity index (χ0) is 13.5. The summed E-state index contributed by atoms with van der Waals surface area (Å²) < 4.78 is 5.65. The van der Waals surface area contributed by atoms with Crippen LogP contribution in [0.4, 0.5) is 0 Å². The summed E-state index contributed by atoms with van der Waals surface area (Å²) in [7, 11) is 0. The zero-order valence-corrected chi connectivity index (χ0v) is 12.1. The number of thiocarbonyl (C=S) groups is 1. The molecule has 1 aliphatic heterocycles. The van der Waals surface area contributed by atoms with E-state index in [2.05, 4.69) is 6.92 Å². The van der Waals surface area contributed by atoms with Crippen LogP contribution in [0.1, 0.15) is 33.6 Å². The van der Waals surface area contributed by atoms with Gasteiger partial charge in [0.2, 0.25) is 5.91 Å². The Balaban J connectivity index is 2.12. The maximum absolute atomic E-state index is 12.7. The molecule has 0 radical (unpaired) electrons. The van der Waals surface area contributed by atoms with Gasteiger partial charge in [-0.1, -0.05) is 19.1 Å². The Morgan fingerprint density at radius 2 is 1.78 bits per heavy atom. The second kappa shape index (κ2) is 4.78. The van der Waals surface area contributed by atoms with Crippen molar-refractivity contribution in [2.75, 3.05) is 13.1 Å². The first-order valence-electron chi connectivity index (χ1n) is 6.60. The Kier molecular flexibility index (Phi) is 3.65. The number of nitrogens with two attached hydrogens (primary N) is 1. The largest absolute Gasteiger partial charge is 0.392 e. The van der Waals surface area contributed by atoms with Gasteiger partial charge in [0.15, 0.2) is 0 Å². The summed E-state index contributed by atoms with van der Waals surface area (Å²) >= 11 is 5.14. The van der Waals surface area contributed by atoms with Crippen molar-refractivity contribution in [3.63, 3.8) is 0 Å². The lowest BCUT2D eigenvalue weighted by Crippen LogP contribution is -2.60. The standard InChI is InChI=1S/C13H22N2O2S/c1-8-4-13(5-8,11(14)18)12(16)15-6-9(2)17-10(3)7-15/h8-10H,4-7H2,1-3H3,(H2,14,18). The average Bonchev–Trinajstić information content (AvgIpc) is 2.21. The molecule has 0 spiro atoms. The van der Waals surface area contributed by atoms with Gasteiger partial charge in [-0.15, -0.1) is 0 Å². The van der Waals surface area contributed by atoms with Crippen molar-refractivity contribution in [2.24, 2.45) is 17.1 Å². The fourth-order valence-electron chi connectivity index (χ4n) is 3.26. The Morgan fingerprint density at radius 3 is 2.17 bits per heavy atom. The molecule has 1 heterocycles. The molecule has 0 aromatic heterocycles. The summed E-state index contributed by atoms with van der Waals surface area (Å²) in [6.07, 6.45) is 1.75. The van der Waals surface area contributed by atoms with Crippen molar-refractivity contribution in [1.29, 1.82) is 0 Å². The molecule has 2 atom stereocenters. The van der Waals surface area contributed by atoms with Crippen LogP contribution >= 0.6 is 12.2 Å². The predicted octanol–water partition coefficient (Wildman–Crippen LogP) is 1.32. The number of carbonyl (C=O) groups is 1. The maximum Gasteiger partial charge on any atom is 0.235 e. The minimum atomic E-state index is -0.578. The number of hydrogen-bond donors (Lipinski definition) is 1. The third-order valence-electron chi connectivity index (χ3n) is 3.98. The van der Waals surface area contributed by atoms with Crippen molar-refractivity contribution in [2.45, 2.75) is 45.8 Å². The van der Waals surface area contributed by atoms with E-state index in [1.54, 1.807) is 0 Å². The summed E-state index contributed by atoms with van der Waals surface area (Å²) in [5.74, 6) is 0.640. The van der Waals surface area contributed by atoms with E-state index >= 15 is 0 Å². The quantitative estimate of drug-likeness (QED) is 0.769. The van der Waals surface area contributed by atoms with Gasteiger partial charge in [0.05, 0.1) is 22.6 Å². The second-order valence-electron chi connectivity index (χ2n) is 5.93. The first kappa shape index (κ1) is 13.7. The summed E-state index contributed by atoms with van der Waals surface area (Å²) in [6, 6.07) is 0. The molecule has 2 aliphatic rings. The van der Waals surface area contributed by atoms with Gasteiger partial charge in [-0.2, -0.15) is 0 Å². The highest BCUT2D eigenvalue weighted by Crippen LogP contribution is 2.47. The first-order valence-corrected chi connectivity index (χ1v) is 7.00. The van der Waals surface area contributed by atoms with Crippen molar-refractivity contribution >= 4 is 23.1 Å². The molecule has 2 N–H and O–H groups in total. The Labute approximate surface area is 114 Å². The number of nitrogens with zero attached hydrogens (tertiary/aromatic N) is 1. The van der Waals surface area contributed by atoms with E-state index in [4.69, 9.17) is 22.7 Å². The van der Waals surface area contributed by atoms with Gasteiger partial charge < -0.3 is 15.4 Å². The van der Waals surface area contributed by atoms with Crippen LogP contribution < -0.4 is 5.73 Å². The number of ether oxygens (including phenoxy) is 1. The van der Waals surface area contributed by atoms with Crippen molar-refractivity contribution in [3.05, 3.63) is 0 Å². The third kappa shape index (κ3) is 2.26. The molecular weight excluding hydrogens is 248 g/mol. The van der Waals surface area contributed by atoms with Crippen LogP contribution in [-0.4, -0.2) is 41.1 Å². The maximum atomic E-state index is 12.7. The number of amides is 1. The smallest absolute Gasteiger partial charge is 0.235 e. The molecule has 102 valence electrons. The minimum absolute atomic E-state index is 0.0820. The van der Waals surface area contributed by atoms with Crippen LogP contribution in [0.25, 0.3) is 0 Å². The summed E-state index contributed by atoms with van der Waals surface area (Å²) in [4.78, 5) is 14.9. The summed E-state index contributed by atoms with van der Waals surface area (Å²) in [6.45, 7) is 7.40. The van der Waals surface area contributed by atoms with Gasteiger partial charge in [0, 0.05) is 13.1 Å². The fourth-order valence-corrected chi connectivity index (χ4v) is 3.51. The molecule has 2 fully saturated rings. The number of carbonyl (C=O) groups excluding carboxylic acids is 1. The van der Waals surface area contributed by atoms with E-state index in [0.29, 0.717) is 24.0 Å². The van der Waals surface area contributed by atoms with E-state index in [0.717, 1.165) is 12.8 Å². The molecule has 5 heteroatoms. The predicted molar refractivity (Wildman–Crippen MR) is 74.2 cm³/mol. The lowest BCUT2D eigenvalue weighted by atomic mass is 9.61. The monoisotopic (exact) mass is 270 g/mol. The summed E-state index contributed by atoms with van der Waals surface area (Å²) in [5.41, 5.74) is 5.25. The van der Waals surface area contributed by atoms with Gasteiger partial charge >= 0.3 is 0 Å². The molecule has 1 amide bonds. The van der Waals surface area contributed by atoms with Crippen LogP contribution in [0.5, 0.6) is 0 Å². The molecule has 1 saturated carbocycles. The van der Waals surface area contributed by atoms with Crippen molar-refractivity contribution in [3.8, 4) is 0 Å². The highest BCUT2D eigenvalue weighted by Gasteiger charge is 2.53. The van der Waals surface area contributed by atoms with E-state index in [-0.39, 0.29) is 18.1 Å². The zero-order valence-electron chi connectivity index (χ0n) is 11.3. The molecule has 18 heavy (non-hydrogen) atoms. The highest BCUT2D eigenvalue weighted by molar-refractivity contribution is 7.80. The molecule has 1 aliphatic carbocycles. The molecule has 1 saturated heterocycles. The van der Waals surface area contributed by atoms with Crippen LogP contribution in [0, 0.1) is 11.3 Å². The fraction of sp³-hybridized carbons (Fsp3) is 0.846. The highest BCUT2D eigenvalue weighted by atomic mass is 32.1. The number of rotatable bonds is 2. The van der Waals surface area contributed by atoms with E-state index in [1.165, 1.54) is 0 Å². The number of morpholine rings is 1. The molecule has 0 bridgehead atoms. The summed E-state index contributed by atoms with van der Waals surface area (Å²) in [5, 5.41) is 0. The number of hydrogen-bond acceptors (Lipinski definition) is 3. The molecular formula is C13H22N2O2S. The van der Waals surface area contributed by atoms with E-state index in [1.807, 2.05) is 18.7 Å². The second-order valence-corrected chi connectivity index (χ2v) is 6.37. The van der Waals surface area contributed by atoms with Gasteiger partial charge in [0.1, 0.15) is 0 Å². The lowest BCUT2D eigenvalue weighted by Gasteiger charge is -2.48. The van der Waals surface area contributed by atoms with Crippen LogP contribution in [0.3, 0.4) is 0 Å². The first-order chi connectivity index (χ1) is 8.35. The van der Waals surface area contributed by atoms with Crippen LogP contribution in [-0.2, 0) is 9.53 Å². The molecule has 4 nitrogen and oxygen atoms in total. The van der Waals surface area contributed by atoms with Gasteiger partial charge in [-0.05, 0) is 32.6 Å².